The number of rotatable bonds is 0. The van der Waals surface area contributed by atoms with Gasteiger partial charge in [-0.2, -0.15) is 0 Å². The molecule has 0 aromatic heterocycles. The SMILES string of the molecule is O=N[O-].[Ba+2].[Ba+2].[Cl-]. The molecule has 0 saturated heterocycles. The van der Waals surface area contributed by atoms with Crippen LogP contribution >= 0.6 is 0 Å². The Morgan fingerprint density at radius 2 is 1.33 bits per heavy atom. The van der Waals surface area contributed by atoms with E-state index in [0.717, 1.165) is 5.34 Å². The zero-order valence-electron chi connectivity index (χ0n) is 3.06. The van der Waals surface area contributed by atoms with Crippen molar-refractivity contribution in [3.8, 4) is 0 Å². The third kappa shape index (κ3) is 29.0. The Balaban J connectivity index is -0.00000000667. The molecular weight excluding hydrogens is 356 g/mol. The largest absolute Gasteiger partial charge is 2.00 e. The fourth-order valence-electron chi connectivity index (χ4n) is 0. The van der Waals surface area contributed by atoms with Crippen LogP contribution in [0.5, 0.6) is 0 Å². The summed E-state index contributed by atoms with van der Waals surface area (Å²) in [6.07, 6.45) is 0. The van der Waals surface area contributed by atoms with Gasteiger partial charge in [0.15, 0.2) is 0 Å². The van der Waals surface area contributed by atoms with Gasteiger partial charge in [0, 0.05) is 0 Å². The summed E-state index contributed by atoms with van der Waals surface area (Å²) in [5.41, 5.74) is 0. The van der Waals surface area contributed by atoms with Crippen LogP contribution in [0.1, 0.15) is 0 Å². The van der Waals surface area contributed by atoms with Crippen LogP contribution in [0.3, 0.4) is 0 Å². The maximum Gasteiger partial charge on any atom is 2.00 e. The summed E-state index contributed by atoms with van der Waals surface area (Å²) in [5, 5.41) is 9.00. The number of nitrogens with zero attached hydrogens (tertiary/aromatic N) is 1. The number of halogens is 1. The van der Waals surface area contributed by atoms with E-state index in [0.29, 0.717) is 0 Å². The number of hydrogen-bond acceptors (Lipinski definition) is 3. The van der Waals surface area contributed by atoms with Gasteiger partial charge in [0.05, 0.1) is 0 Å². The minimum Gasteiger partial charge on any atom is -1.00 e. The fraction of sp³-hybridized carbons (Fsp3) is 0. The second-order valence-corrected chi connectivity index (χ2v) is 0.0745. The van der Waals surface area contributed by atoms with Crippen molar-refractivity contribution in [3.05, 3.63) is 10.1 Å². The quantitative estimate of drug-likeness (QED) is 0.257. The molecule has 0 saturated carbocycles. The van der Waals surface area contributed by atoms with Crippen LogP contribution < -0.4 is 12.4 Å². The first kappa shape index (κ1) is 23.2. The molecule has 0 radical (unpaired) electrons. The maximum absolute atomic E-state index is 8.00. The van der Waals surface area contributed by atoms with Crippen molar-refractivity contribution in [2.45, 2.75) is 0 Å². The fourth-order valence-corrected chi connectivity index (χ4v) is 0. The molecule has 0 fully saturated rings. The summed E-state index contributed by atoms with van der Waals surface area (Å²) >= 11 is 0. The van der Waals surface area contributed by atoms with Crippen molar-refractivity contribution in [1.82, 2.24) is 0 Å². The molecule has 0 amide bonds. The molecule has 0 unspecified atom stereocenters. The van der Waals surface area contributed by atoms with E-state index in [2.05, 4.69) is 0 Å². The molecule has 6 heteroatoms. The standard InChI is InChI=1S/2Ba.ClH.HNO2/c;;;2-1-3/h;;1H;(H,2,3)/q2*+2;;/p-2. The molecule has 0 aliphatic carbocycles. The van der Waals surface area contributed by atoms with E-state index >= 15 is 0 Å². The van der Waals surface area contributed by atoms with Crippen molar-refractivity contribution < 1.29 is 12.4 Å². The first-order valence-corrected chi connectivity index (χ1v) is 0.365. The van der Waals surface area contributed by atoms with Crippen molar-refractivity contribution in [2.75, 3.05) is 0 Å². The Morgan fingerprint density at radius 3 is 1.33 bits per heavy atom. The molecule has 0 bridgehead atoms. The van der Waals surface area contributed by atoms with E-state index in [1.165, 1.54) is 0 Å². The Hall–Kier alpha value is 2.83. The molecule has 0 aliphatic heterocycles. The zero-order chi connectivity index (χ0) is 2.71. The second kappa shape index (κ2) is 24.9. The van der Waals surface area contributed by atoms with Gasteiger partial charge < -0.3 is 22.5 Å². The molecule has 0 rings (SSSR count). The summed E-state index contributed by atoms with van der Waals surface area (Å²) in [5.74, 6) is 0. The first-order chi connectivity index (χ1) is 1.41. The van der Waals surface area contributed by atoms with Gasteiger partial charge in [-0.15, -0.1) is 5.34 Å². The molecule has 3 nitrogen and oxygen atoms in total. The molecule has 0 aliphatic rings. The van der Waals surface area contributed by atoms with Crippen LogP contribution in [0.25, 0.3) is 0 Å². The zero-order valence-corrected chi connectivity index (χ0v) is 12.7. The Bertz CT molecular complexity index is 19.0. The van der Waals surface area contributed by atoms with Crippen LogP contribution in [0, 0.1) is 10.1 Å². The minimum atomic E-state index is 0. The molecule has 0 heterocycles. The van der Waals surface area contributed by atoms with Gasteiger partial charge in [-0.3, -0.25) is 0 Å². The minimum absolute atomic E-state index is 0. The smallest absolute Gasteiger partial charge is 1.00 e. The van der Waals surface area contributed by atoms with Crippen LogP contribution in [-0.4, -0.2) is 97.8 Å². The molecule has 6 heavy (non-hydrogen) atoms. The third-order valence-electron chi connectivity index (χ3n) is 0. The van der Waals surface area contributed by atoms with Gasteiger partial charge >= 0.3 is 97.8 Å². The Labute approximate surface area is 122 Å². The molecule has 0 N–H and O–H groups in total. The Morgan fingerprint density at radius 1 is 1.33 bits per heavy atom. The summed E-state index contributed by atoms with van der Waals surface area (Å²) in [4.78, 5) is 8.00. The average Bonchev–Trinajstić information content (AvgIpc) is 0.918. The normalized spacial score (nSPS) is 2.00. The summed E-state index contributed by atoms with van der Waals surface area (Å²) in [6, 6.07) is 0. The molecule has 0 aromatic carbocycles. The third-order valence-corrected chi connectivity index (χ3v) is 0. The second-order valence-electron chi connectivity index (χ2n) is 0.0745. The van der Waals surface area contributed by atoms with E-state index in [1.807, 2.05) is 0 Å². The van der Waals surface area contributed by atoms with Gasteiger partial charge in [0.25, 0.3) is 0 Å². The van der Waals surface area contributed by atoms with Crippen molar-refractivity contribution in [3.63, 3.8) is 0 Å². The van der Waals surface area contributed by atoms with Gasteiger partial charge in [-0.05, 0) is 0 Å². The molecule has 0 atom stereocenters. The predicted octanol–water partition coefficient (Wildman–Crippen LogP) is -3.51. The van der Waals surface area contributed by atoms with Crippen molar-refractivity contribution >= 4 is 97.8 Å². The monoisotopic (exact) mass is 357 g/mol. The average molecular weight is 356 g/mol. The van der Waals surface area contributed by atoms with E-state index < -0.39 is 0 Å². The topological polar surface area (TPSA) is 52.5 Å². The summed E-state index contributed by atoms with van der Waals surface area (Å²) in [7, 11) is 0. The molecule has 0 spiro atoms. The summed E-state index contributed by atoms with van der Waals surface area (Å²) < 4.78 is 0. The van der Waals surface area contributed by atoms with Gasteiger partial charge in [-0.1, -0.05) is 0 Å². The van der Waals surface area contributed by atoms with Crippen molar-refractivity contribution in [2.24, 2.45) is 5.34 Å². The molecule has 26 valence electrons. The van der Waals surface area contributed by atoms with Gasteiger partial charge in [0.1, 0.15) is 0 Å². The molecular formula is Ba2ClNO2+2. The van der Waals surface area contributed by atoms with E-state index in [1.54, 1.807) is 0 Å². The van der Waals surface area contributed by atoms with Crippen LogP contribution in [-0.2, 0) is 0 Å². The first-order valence-electron chi connectivity index (χ1n) is 0.365. The van der Waals surface area contributed by atoms with Crippen LogP contribution in [0.15, 0.2) is 5.34 Å². The van der Waals surface area contributed by atoms with E-state index in [-0.39, 0.29) is 110 Å². The molecule has 0 aromatic rings. The summed E-state index contributed by atoms with van der Waals surface area (Å²) in [6.45, 7) is 0. The maximum atomic E-state index is 8.00. The predicted molar refractivity (Wildman–Crippen MR) is 20.7 cm³/mol. The van der Waals surface area contributed by atoms with E-state index in [4.69, 9.17) is 10.1 Å². The number of hydrogen-bond donors (Lipinski definition) is 0. The van der Waals surface area contributed by atoms with Gasteiger partial charge in [-0.25, -0.2) is 0 Å². The van der Waals surface area contributed by atoms with E-state index in [9.17, 15) is 0 Å². The Kier molecular flexibility index (Phi) is 96.3. The van der Waals surface area contributed by atoms with Crippen LogP contribution in [0.4, 0.5) is 0 Å². The van der Waals surface area contributed by atoms with Crippen molar-refractivity contribution in [1.29, 1.82) is 0 Å². The van der Waals surface area contributed by atoms with Crippen LogP contribution in [0.2, 0.25) is 0 Å². The van der Waals surface area contributed by atoms with Gasteiger partial charge in [0.2, 0.25) is 0 Å².